The van der Waals surface area contributed by atoms with E-state index in [1.54, 1.807) is 18.2 Å². The predicted octanol–water partition coefficient (Wildman–Crippen LogP) is 8.97. The van der Waals surface area contributed by atoms with Gasteiger partial charge in [-0.3, -0.25) is 4.55 Å². The average molecular weight is 579 g/mol. The standard InChI is InChI=1S/C35H34N2O4S/c1-7-22(4)34(21(2)3)36-25-15-17-27-30(19-25)41-31-20-26(37-35-23(5)11-10-12-24(35)6)16-18-28(31)33(27)29-13-8-9-14-32(29)42(38,39)40/h7-20,37H,1-6H3,(H,38,39,40)/b22-7-,36-25+. The van der Waals surface area contributed by atoms with Gasteiger partial charge >= 0.3 is 0 Å². The van der Waals surface area contributed by atoms with Crippen LogP contribution in [0.4, 0.5) is 11.4 Å². The minimum atomic E-state index is -4.50. The fourth-order valence-electron chi connectivity index (χ4n) is 5.23. The second-order valence-corrected chi connectivity index (χ2v) is 12.1. The number of hydrogen-bond acceptors (Lipinski definition) is 5. The summed E-state index contributed by atoms with van der Waals surface area (Å²) in [6.45, 7) is 12.2. The number of nitrogens with one attached hydrogen (secondary N) is 1. The van der Waals surface area contributed by atoms with Crippen LogP contribution in [-0.2, 0) is 10.1 Å². The zero-order chi connectivity index (χ0) is 30.2. The highest BCUT2D eigenvalue weighted by Gasteiger charge is 2.23. The first-order valence-electron chi connectivity index (χ1n) is 13.7. The third kappa shape index (κ3) is 5.66. The second-order valence-electron chi connectivity index (χ2n) is 10.7. The molecule has 1 aliphatic carbocycles. The van der Waals surface area contributed by atoms with Crippen molar-refractivity contribution in [1.29, 1.82) is 0 Å². The number of fused-ring (bicyclic) bond motifs is 2. The van der Waals surface area contributed by atoms with Gasteiger partial charge in [-0.25, -0.2) is 4.99 Å². The molecule has 7 heteroatoms. The van der Waals surface area contributed by atoms with E-state index in [0.29, 0.717) is 38.8 Å². The average Bonchev–Trinajstić information content (AvgIpc) is 2.95. The van der Waals surface area contributed by atoms with Gasteiger partial charge in [0.15, 0.2) is 0 Å². The summed E-state index contributed by atoms with van der Waals surface area (Å²) >= 11 is 0. The SMILES string of the molecule is C/C=C(/C)C(/N=c1\ccc2c(-c3ccccc3S(=O)(=O)O)c3ccc(Nc4c(C)cccc4C)cc3oc-2c1)=C(C)C. The van der Waals surface area contributed by atoms with E-state index >= 15 is 0 Å². The van der Waals surface area contributed by atoms with E-state index in [9.17, 15) is 13.0 Å². The first kappa shape index (κ1) is 29.0. The zero-order valence-electron chi connectivity index (χ0n) is 24.6. The minimum Gasteiger partial charge on any atom is -0.456 e. The summed E-state index contributed by atoms with van der Waals surface area (Å²) in [5, 5.41) is 4.94. The first-order chi connectivity index (χ1) is 20.0. The Labute approximate surface area is 246 Å². The van der Waals surface area contributed by atoms with Crippen molar-refractivity contribution < 1.29 is 17.4 Å². The molecule has 3 aromatic rings. The van der Waals surface area contributed by atoms with E-state index in [1.165, 1.54) is 6.07 Å². The monoisotopic (exact) mass is 578 g/mol. The fourth-order valence-corrected chi connectivity index (χ4v) is 5.93. The van der Waals surface area contributed by atoms with Crippen molar-refractivity contribution in [3.8, 4) is 22.5 Å². The predicted molar refractivity (Wildman–Crippen MR) is 171 cm³/mol. The zero-order valence-corrected chi connectivity index (χ0v) is 25.4. The van der Waals surface area contributed by atoms with Gasteiger partial charge in [0.05, 0.1) is 11.1 Å². The third-order valence-corrected chi connectivity index (χ3v) is 8.32. The van der Waals surface area contributed by atoms with Crippen LogP contribution in [-0.4, -0.2) is 13.0 Å². The number of rotatable bonds is 6. The molecule has 0 bridgehead atoms. The molecule has 3 aromatic carbocycles. The molecule has 0 radical (unpaired) electrons. The van der Waals surface area contributed by atoms with Gasteiger partial charge in [0.25, 0.3) is 10.1 Å². The molecule has 0 fully saturated rings. The van der Waals surface area contributed by atoms with Crippen LogP contribution in [0.2, 0.25) is 0 Å². The van der Waals surface area contributed by atoms with Crippen molar-refractivity contribution >= 4 is 32.5 Å². The minimum absolute atomic E-state index is 0.166. The summed E-state index contributed by atoms with van der Waals surface area (Å²) in [4.78, 5) is 4.75. The van der Waals surface area contributed by atoms with Crippen molar-refractivity contribution in [2.45, 2.75) is 46.4 Å². The summed E-state index contributed by atoms with van der Waals surface area (Å²) < 4.78 is 41.5. The molecule has 2 aliphatic rings. The molecule has 6 nitrogen and oxygen atoms in total. The Kier molecular flexibility index (Phi) is 7.91. The lowest BCUT2D eigenvalue weighted by atomic mass is 9.93. The van der Waals surface area contributed by atoms with Gasteiger partial charge in [-0.05, 0) is 88.6 Å². The lowest BCUT2D eigenvalue weighted by Gasteiger charge is -2.18. The van der Waals surface area contributed by atoms with Gasteiger partial charge in [0.2, 0.25) is 0 Å². The molecule has 42 heavy (non-hydrogen) atoms. The molecule has 0 saturated heterocycles. The van der Waals surface area contributed by atoms with Crippen molar-refractivity contribution in [2.75, 3.05) is 5.32 Å². The number of nitrogens with zero attached hydrogens (tertiary/aromatic N) is 1. The lowest BCUT2D eigenvalue weighted by Crippen LogP contribution is -2.06. The molecule has 0 saturated carbocycles. The maximum absolute atomic E-state index is 12.4. The van der Waals surface area contributed by atoms with Crippen molar-refractivity contribution in [1.82, 2.24) is 0 Å². The molecule has 2 N–H and O–H groups in total. The molecular weight excluding hydrogens is 544 g/mol. The Balaban J connectivity index is 1.82. The van der Waals surface area contributed by atoms with Crippen LogP contribution < -0.4 is 10.7 Å². The summed E-state index contributed by atoms with van der Waals surface area (Å²) in [7, 11) is -4.50. The van der Waals surface area contributed by atoms with Crippen LogP contribution in [0.5, 0.6) is 0 Å². The summed E-state index contributed by atoms with van der Waals surface area (Å²) in [6.07, 6.45) is 2.03. The van der Waals surface area contributed by atoms with Crippen LogP contribution in [0.1, 0.15) is 38.8 Å². The maximum Gasteiger partial charge on any atom is 0.295 e. The van der Waals surface area contributed by atoms with Crippen molar-refractivity contribution in [3.05, 3.63) is 118 Å². The highest BCUT2D eigenvalue weighted by molar-refractivity contribution is 7.86. The molecular formula is C35H34N2O4S. The highest BCUT2D eigenvalue weighted by Crippen LogP contribution is 2.43. The molecule has 1 aliphatic heterocycles. The molecule has 0 atom stereocenters. The van der Waals surface area contributed by atoms with Crippen molar-refractivity contribution in [2.24, 2.45) is 4.99 Å². The van der Waals surface area contributed by atoms with E-state index in [1.807, 2.05) is 76.2 Å². The van der Waals surface area contributed by atoms with Gasteiger partial charge < -0.3 is 9.73 Å². The number of anilines is 2. The number of para-hydroxylation sites is 1. The quantitative estimate of drug-likeness (QED) is 0.119. The molecule has 0 spiro atoms. The Morgan fingerprint density at radius 3 is 2.26 bits per heavy atom. The molecule has 0 amide bonds. The van der Waals surface area contributed by atoms with E-state index < -0.39 is 10.1 Å². The number of benzene rings is 4. The number of allylic oxidation sites excluding steroid dienone is 3. The van der Waals surface area contributed by atoms with E-state index in [2.05, 4.69) is 31.3 Å². The summed E-state index contributed by atoms with van der Waals surface area (Å²) in [5.74, 6) is 0.541. The Morgan fingerprint density at radius 2 is 1.60 bits per heavy atom. The molecule has 0 aromatic heterocycles. The van der Waals surface area contributed by atoms with Gasteiger partial charge in [-0.15, -0.1) is 0 Å². The molecule has 5 rings (SSSR count). The Bertz CT molecular complexity index is 2030. The lowest BCUT2D eigenvalue weighted by molar-refractivity contribution is 0.483. The van der Waals surface area contributed by atoms with Crippen LogP contribution in [0.25, 0.3) is 33.4 Å². The largest absolute Gasteiger partial charge is 0.456 e. The first-order valence-corrected chi connectivity index (χ1v) is 15.2. The third-order valence-electron chi connectivity index (χ3n) is 7.41. The fraction of sp³-hybridized carbons (Fsp3) is 0.171. The number of hydrogen-bond donors (Lipinski definition) is 2. The maximum atomic E-state index is 12.4. The summed E-state index contributed by atoms with van der Waals surface area (Å²) in [5.41, 5.74) is 9.43. The second kappa shape index (κ2) is 11.4. The topological polar surface area (TPSA) is 91.9 Å². The van der Waals surface area contributed by atoms with Gasteiger partial charge in [-0.1, -0.05) is 48.0 Å². The van der Waals surface area contributed by atoms with Gasteiger partial charge in [-0.2, -0.15) is 8.42 Å². The van der Waals surface area contributed by atoms with Gasteiger partial charge in [0, 0.05) is 45.6 Å². The number of aryl methyl sites for hydroxylation is 2. The van der Waals surface area contributed by atoms with Crippen LogP contribution in [0.15, 0.2) is 116 Å². The van der Waals surface area contributed by atoms with E-state index in [-0.39, 0.29) is 4.90 Å². The van der Waals surface area contributed by atoms with Gasteiger partial charge in [0.1, 0.15) is 16.2 Å². The Hall–Kier alpha value is -4.46. The van der Waals surface area contributed by atoms with Crippen molar-refractivity contribution in [3.63, 3.8) is 0 Å². The molecule has 1 heterocycles. The van der Waals surface area contributed by atoms with E-state index in [4.69, 9.17) is 9.41 Å². The normalized spacial score (nSPS) is 12.6. The smallest absolute Gasteiger partial charge is 0.295 e. The Morgan fingerprint density at radius 1 is 0.881 bits per heavy atom. The molecule has 0 unspecified atom stereocenters. The van der Waals surface area contributed by atoms with Crippen LogP contribution in [0.3, 0.4) is 0 Å². The molecule has 214 valence electrons. The van der Waals surface area contributed by atoms with E-state index in [0.717, 1.165) is 39.3 Å². The highest BCUT2D eigenvalue weighted by atomic mass is 32.2. The van der Waals surface area contributed by atoms with Crippen LogP contribution in [0, 0.1) is 13.8 Å². The summed E-state index contributed by atoms with van der Waals surface area (Å²) in [6, 6.07) is 24.0. The van der Waals surface area contributed by atoms with Crippen LogP contribution >= 0.6 is 0 Å².